The van der Waals surface area contributed by atoms with Gasteiger partial charge in [-0.15, -0.1) is 0 Å². The molecule has 1 atom stereocenters. The number of aromatic amines is 1. The molecule has 1 aromatic carbocycles. The lowest BCUT2D eigenvalue weighted by Gasteiger charge is -2.42. The Hall–Kier alpha value is -2.08. The van der Waals surface area contributed by atoms with Gasteiger partial charge in [0.15, 0.2) is 5.60 Å². The zero-order valence-electron chi connectivity index (χ0n) is 13.0. The third-order valence-electron chi connectivity index (χ3n) is 4.00. The molecule has 1 amide bonds. The number of benzene rings is 1. The highest BCUT2D eigenvalue weighted by Crippen LogP contribution is 2.38. The predicted octanol–water partition coefficient (Wildman–Crippen LogP) is 2.88. The molecular formula is C16H21N3O2S. The van der Waals surface area contributed by atoms with Crippen molar-refractivity contribution >= 4 is 34.2 Å². The highest BCUT2D eigenvalue weighted by atomic mass is 32.1. The van der Waals surface area contributed by atoms with Crippen molar-refractivity contribution in [2.24, 2.45) is 16.9 Å². The number of nitrogens with two attached hydrogens (primary N) is 2. The molecular weight excluding hydrogens is 298 g/mol. The summed E-state index contributed by atoms with van der Waals surface area (Å²) in [7, 11) is 0. The molecule has 5 nitrogen and oxygen atoms in total. The minimum absolute atomic E-state index is 0.115. The molecule has 0 spiro atoms. The molecule has 0 bridgehead atoms. The molecule has 2 rings (SSSR count). The van der Waals surface area contributed by atoms with Gasteiger partial charge in [-0.2, -0.15) is 0 Å². The number of thiocarbonyl (C=S) groups is 1. The van der Waals surface area contributed by atoms with Crippen LogP contribution in [0.4, 0.5) is 4.79 Å². The molecule has 0 radical (unpaired) electrons. The summed E-state index contributed by atoms with van der Waals surface area (Å²) in [6, 6.07) is 7.88. The smallest absolute Gasteiger partial charge is 0.405 e. The van der Waals surface area contributed by atoms with Crippen LogP contribution < -0.4 is 11.5 Å². The maximum Gasteiger partial charge on any atom is 0.405 e. The van der Waals surface area contributed by atoms with E-state index in [1.54, 1.807) is 0 Å². The standard InChI is InChI=1S/C16H21N3O2S/c1-15(2,3)16(13(17)22,21-14(18)20)8-10-9-19-12-7-5-4-6-11(10)12/h4-7,9,19H,8H2,1-3H3,(H2,17,22)(H2,18,20). The lowest BCUT2D eigenvalue weighted by Crippen LogP contribution is -2.58. The molecule has 0 saturated carbocycles. The molecule has 0 fully saturated rings. The van der Waals surface area contributed by atoms with Gasteiger partial charge < -0.3 is 21.2 Å². The number of ether oxygens (including phenoxy) is 1. The number of aromatic nitrogens is 1. The number of carbonyl (C=O) groups excluding carboxylic acids is 1. The molecule has 22 heavy (non-hydrogen) atoms. The summed E-state index contributed by atoms with van der Waals surface area (Å²) in [5, 5.41) is 1.04. The van der Waals surface area contributed by atoms with Crippen LogP contribution in [0, 0.1) is 5.41 Å². The number of H-pyrrole nitrogens is 1. The van der Waals surface area contributed by atoms with Crippen LogP contribution in [0.5, 0.6) is 0 Å². The van der Waals surface area contributed by atoms with Crippen molar-refractivity contribution in [3.05, 3.63) is 36.0 Å². The summed E-state index contributed by atoms with van der Waals surface area (Å²) < 4.78 is 5.44. The quantitative estimate of drug-likeness (QED) is 0.755. The molecule has 0 saturated heterocycles. The number of rotatable bonds is 4. The van der Waals surface area contributed by atoms with Gasteiger partial charge in [-0.1, -0.05) is 51.2 Å². The molecule has 5 N–H and O–H groups in total. The molecule has 1 aromatic heterocycles. The van der Waals surface area contributed by atoms with Crippen molar-refractivity contribution in [2.45, 2.75) is 32.8 Å². The molecule has 1 unspecified atom stereocenters. The van der Waals surface area contributed by atoms with Crippen molar-refractivity contribution in [3.8, 4) is 0 Å². The van der Waals surface area contributed by atoms with Crippen molar-refractivity contribution < 1.29 is 9.53 Å². The van der Waals surface area contributed by atoms with Crippen molar-refractivity contribution in [2.75, 3.05) is 0 Å². The van der Waals surface area contributed by atoms with E-state index >= 15 is 0 Å². The maximum atomic E-state index is 11.4. The van der Waals surface area contributed by atoms with Crippen molar-refractivity contribution in [1.82, 2.24) is 4.98 Å². The van der Waals surface area contributed by atoms with Crippen LogP contribution in [-0.4, -0.2) is 21.7 Å². The topological polar surface area (TPSA) is 94.1 Å². The van der Waals surface area contributed by atoms with Gasteiger partial charge in [0.2, 0.25) is 0 Å². The van der Waals surface area contributed by atoms with E-state index in [0.29, 0.717) is 6.42 Å². The van der Waals surface area contributed by atoms with Gasteiger partial charge in [-0.25, -0.2) is 4.79 Å². The van der Waals surface area contributed by atoms with Gasteiger partial charge in [0.25, 0.3) is 0 Å². The molecule has 1 heterocycles. The lowest BCUT2D eigenvalue weighted by atomic mass is 9.72. The fourth-order valence-electron chi connectivity index (χ4n) is 2.68. The van der Waals surface area contributed by atoms with Gasteiger partial charge in [-0.05, 0) is 11.6 Å². The number of para-hydroxylation sites is 1. The maximum absolute atomic E-state index is 11.4. The predicted molar refractivity (Wildman–Crippen MR) is 91.6 cm³/mol. The first-order valence-corrected chi connectivity index (χ1v) is 7.41. The van der Waals surface area contributed by atoms with E-state index in [0.717, 1.165) is 16.5 Å². The van der Waals surface area contributed by atoms with E-state index in [2.05, 4.69) is 4.98 Å². The van der Waals surface area contributed by atoms with Gasteiger partial charge >= 0.3 is 6.09 Å². The normalized spacial score (nSPS) is 14.5. The Morgan fingerprint density at radius 1 is 1.27 bits per heavy atom. The second kappa shape index (κ2) is 5.61. The van der Waals surface area contributed by atoms with E-state index in [1.807, 2.05) is 51.2 Å². The summed E-state index contributed by atoms with van der Waals surface area (Å²) >= 11 is 5.23. The van der Waals surface area contributed by atoms with Gasteiger partial charge in [-0.3, -0.25) is 0 Å². The number of amides is 1. The minimum Gasteiger partial charge on any atom is -0.435 e. The summed E-state index contributed by atoms with van der Waals surface area (Å²) in [5.74, 6) is 0. The third-order valence-corrected chi connectivity index (χ3v) is 4.33. The summed E-state index contributed by atoms with van der Waals surface area (Å²) in [5.41, 5.74) is 11.5. The average Bonchev–Trinajstić information content (AvgIpc) is 2.79. The van der Waals surface area contributed by atoms with Crippen LogP contribution in [0.15, 0.2) is 30.5 Å². The number of primary amides is 1. The number of hydrogen-bond donors (Lipinski definition) is 3. The Morgan fingerprint density at radius 3 is 2.45 bits per heavy atom. The van der Waals surface area contributed by atoms with Crippen molar-refractivity contribution in [1.29, 1.82) is 0 Å². The number of hydrogen-bond acceptors (Lipinski definition) is 3. The highest BCUT2D eigenvalue weighted by molar-refractivity contribution is 7.80. The molecule has 6 heteroatoms. The van der Waals surface area contributed by atoms with Crippen LogP contribution >= 0.6 is 12.2 Å². The third kappa shape index (κ3) is 2.78. The van der Waals surface area contributed by atoms with E-state index in [4.69, 9.17) is 28.4 Å². The number of carbonyl (C=O) groups is 1. The van der Waals surface area contributed by atoms with E-state index < -0.39 is 17.1 Å². The van der Waals surface area contributed by atoms with Gasteiger partial charge in [0, 0.05) is 28.9 Å². The molecule has 118 valence electrons. The van der Waals surface area contributed by atoms with Crippen LogP contribution in [0.1, 0.15) is 26.3 Å². The van der Waals surface area contributed by atoms with Gasteiger partial charge in [0.1, 0.15) is 4.99 Å². The first kappa shape index (κ1) is 16.3. The Balaban J connectivity index is 2.54. The monoisotopic (exact) mass is 319 g/mol. The SMILES string of the molecule is CC(C)(C)C(Cc1c[nH]c2ccccc12)(OC(N)=O)C(N)=S. The molecule has 0 aliphatic carbocycles. The second-order valence-electron chi connectivity index (χ2n) is 6.40. The van der Waals surface area contributed by atoms with E-state index in [-0.39, 0.29) is 4.99 Å². The van der Waals surface area contributed by atoms with Crippen LogP contribution in [0.3, 0.4) is 0 Å². The summed E-state index contributed by atoms with van der Waals surface area (Å²) in [4.78, 5) is 14.7. The van der Waals surface area contributed by atoms with Gasteiger partial charge in [0.05, 0.1) is 0 Å². The van der Waals surface area contributed by atoms with E-state index in [9.17, 15) is 4.79 Å². The van der Waals surface area contributed by atoms with Crippen LogP contribution in [0.2, 0.25) is 0 Å². The number of fused-ring (bicyclic) bond motifs is 1. The van der Waals surface area contributed by atoms with E-state index in [1.165, 1.54) is 0 Å². The van der Waals surface area contributed by atoms with Crippen LogP contribution in [0.25, 0.3) is 10.9 Å². The molecule has 0 aliphatic heterocycles. The zero-order valence-corrected chi connectivity index (χ0v) is 13.8. The molecule has 2 aromatic rings. The number of nitrogens with one attached hydrogen (secondary N) is 1. The fourth-order valence-corrected chi connectivity index (χ4v) is 3.10. The largest absolute Gasteiger partial charge is 0.435 e. The fraction of sp³-hybridized carbons (Fsp3) is 0.375. The Kier molecular flexibility index (Phi) is 4.15. The first-order chi connectivity index (χ1) is 10.2. The Morgan fingerprint density at radius 2 is 1.91 bits per heavy atom. The highest BCUT2D eigenvalue weighted by Gasteiger charge is 2.48. The Labute approximate surface area is 135 Å². The average molecular weight is 319 g/mol. The molecule has 0 aliphatic rings. The lowest BCUT2D eigenvalue weighted by molar-refractivity contribution is -0.00862. The summed E-state index contributed by atoms with van der Waals surface area (Å²) in [6.07, 6.45) is 1.36. The first-order valence-electron chi connectivity index (χ1n) is 7.01. The van der Waals surface area contributed by atoms with Crippen molar-refractivity contribution in [3.63, 3.8) is 0 Å². The minimum atomic E-state index is -1.15. The Bertz CT molecular complexity index is 717. The second-order valence-corrected chi connectivity index (χ2v) is 6.84. The van der Waals surface area contributed by atoms with Crippen LogP contribution in [-0.2, 0) is 11.2 Å². The summed E-state index contributed by atoms with van der Waals surface area (Å²) in [6.45, 7) is 5.76. The zero-order chi connectivity index (χ0) is 16.5.